The van der Waals surface area contributed by atoms with E-state index in [1.165, 1.54) is 18.2 Å². The van der Waals surface area contributed by atoms with Crippen LogP contribution in [0.4, 0.5) is 32.0 Å². The molecule has 0 atom stereocenters. The Bertz CT molecular complexity index is 1780. The summed E-state index contributed by atoms with van der Waals surface area (Å²) in [4.78, 5) is 94.5. The third kappa shape index (κ3) is 9.93. The van der Waals surface area contributed by atoms with Crippen LogP contribution in [0.3, 0.4) is 0 Å². The van der Waals surface area contributed by atoms with Crippen LogP contribution in [0.2, 0.25) is 0 Å². The highest BCUT2D eigenvalue weighted by Gasteiger charge is 2.28. The van der Waals surface area contributed by atoms with Gasteiger partial charge in [-0.15, -0.1) is 0 Å². The van der Waals surface area contributed by atoms with Crippen LogP contribution in [0.25, 0.3) is 0 Å². The minimum Gasteiger partial charge on any atom is -0.400 e. The van der Waals surface area contributed by atoms with Crippen molar-refractivity contribution in [2.75, 3.05) is 19.6 Å². The van der Waals surface area contributed by atoms with Crippen molar-refractivity contribution in [3.8, 4) is 0 Å². The summed E-state index contributed by atoms with van der Waals surface area (Å²) in [6.07, 6.45) is 3.35. The fraction of sp³-hybridized carbons (Fsp3) is 0.125. The summed E-state index contributed by atoms with van der Waals surface area (Å²) in [5.74, 6) is -2.31. The number of nitro groups is 3. The van der Waals surface area contributed by atoms with E-state index in [1.807, 2.05) is 16.0 Å². The molecule has 3 aliphatic heterocycles. The number of hydrazone groups is 3. The highest BCUT2D eigenvalue weighted by molar-refractivity contribution is 6.03. The fourth-order valence-electron chi connectivity index (χ4n) is 3.48. The first kappa shape index (κ1) is 35.7. The zero-order valence-corrected chi connectivity index (χ0v) is 25.0. The molecule has 3 fully saturated rings. The standard InChI is InChI=1S/3C8H6N4O5/c3*13-6-4-11(8(14)10-6)9-3-5-1-2-7(17-5)12(15)16/h3*1-3H,4H2,(H,10,13,14)/b3*9-3+. The van der Waals surface area contributed by atoms with E-state index in [2.05, 4.69) is 15.3 Å². The van der Waals surface area contributed by atoms with E-state index in [0.717, 1.165) is 51.9 Å². The lowest BCUT2D eigenvalue weighted by Gasteiger charge is -2.02. The molecule has 0 spiro atoms. The van der Waals surface area contributed by atoms with Gasteiger partial charge in [-0.3, -0.25) is 60.7 Å². The number of carbonyl (C=O) groups excluding carboxylic acids is 6. The zero-order chi connectivity index (χ0) is 37.2. The molecule has 0 aliphatic carbocycles. The molecule has 0 aromatic carbocycles. The van der Waals surface area contributed by atoms with E-state index in [4.69, 9.17) is 13.3 Å². The summed E-state index contributed by atoms with van der Waals surface area (Å²) < 4.78 is 14.3. The van der Waals surface area contributed by atoms with Crippen molar-refractivity contribution >= 4 is 72.1 Å². The Morgan fingerprint density at radius 3 is 0.941 bits per heavy atom. The van der Waals surface area contributed by atoms with Crippen LogP contribution in [-0.4, -0.2) is 104 Å². The predicted octanol–water partition coefficient (Wildman–Crippen LogP) is 0.221. The van der Waals surface area contributed by atoms with E-state index in [1.54, 1.807) is 0 Å². The van der Waals surface area contributed by atoms with Gasteiger partial charge in [0.25, 0.3) is 0 Å². The van der Waals surface area contributed by atoms with Gasteiger partial charge in [0.1, 0.15) is 34.4 Å². The number of imide groups is 3. The number of amides is 9. The smallest absolute Gasteiger partial charge is 0.400 e. The number of hydrogen-bond acceptors (Lipinski definition) is 18. The molecule has 3 saturated heterocycles. The Labute approximate surface area is 279 Å². The van der Waals surface area contributed by atoms with Crippen LogP contribution in [0.15, 0.2) is 65.0 Å². The van der Waals surface area contributed by atoms with E-state index in [-0.39, 0.29) is 36.9 Å². The maximum absolute atomic E-state index is 11.1. The topological polar surface area (TPSA) is 354 Å². The molecule has 6 heterocycles. The first-order valence-corrected chi connectivity index (χ1v) is 13.4. The van der Waals surface area contributed by atoms with Crippen LogP contribution in [-0.2, 0) is 14.4 Å². The third-order valence-corrected chi connectivity index (χ3v) is 5.67. The summed E-state index contributed by atoms with van der Waals surface area (Å²) in [7, 11) is 0. The van der Waals surface area contributed by atoms with Gasteiger partial charge in [-0.25, -0.2) is 29.4 Å². The second kappa shape index (κ2) is 15.6. The molecule has 0 radical (unpaired) electrons. The summed E-state index contributed by atoms with van der Waals surface area (Å²) >= 11 is 0. The molecule has 3 aliphatic rings. The van der Waals surface area contributed by atoms with E-state index < -0.39 is 68.2 Å². The maximum Gasteiger partial charge on any atom is 0.433 e. The quantitative estimate of drug-likeness (QED) is 0.115. The van der Waals surface area contributed by atoms with Gasteiger partial charge in [0.15, 0.2) is 17.3 Å². The molecule has 3 aromatic rings. The number of urea groups is 3. The Hall–Kier alpha value is -8.13. The van der Waals surface area contributed by atoms with Crippen molar-refractivity contribution in [2.45, 2.75) is 0 Å². The van der Waals surface area contributed by atoms with Gasteiger partial charge in [-0.1, -0.05) is 0 Å². The Kier molecular flexibility index (Phi) is 11.0. The average molecular weight is 714 g/mol. The monoisotopic (exact) mass is 714 g/mol. The summed E-state index contributed by atoms with van der Waals surface area (Å²) in [5.41, 5.74) is 0. The molecule has 264 valence electrons. The Balaban J connectivity index is 0.000000172. The molecule has 27 nitrogen and oxygen atoms in total. The van der Waals surface area contributed by atoms with Gasteiger partial charge < -0.3 is 13.3 Å². The molecule has 3 N–H and O–H groups in total. The third-order valence-electron chi connectivity index (χ3n) is 5.67. The first-order chi connectivity index (χ1) is 24.2. The molecule has 6 rings (SSSR count). The zero-order valence-electron chi connectivity index (χ0n) is 25.0. The highest BCUT2D eigenvalue weighted by Crippen LogP contribution is 2.16. The lowest BCUT2D eigenvalue weighted by molar-refractivity contribution is -0.402. The minimum absolute atomic E-state index is 0.115. The van der Waals surface area contributed by atoms with Crippen molar-refractivity contribution in [2.24, 2.45) is 15.3 Å². The fourth-order valence-corrected chi connectivity index (χ4v) is 3.48. The van der Waals surface area contributed by atoms with Crippen molar-refractivity contribution < 1.29 is 56.8 Å². The number of rotatable bonds is 9. The maximum atomic E-state index is 11.1. The second-order valence-electron chi connectivity index (χ2n) is 9.27. The van der Waals surface area contributed by atoms with E-state index in [0.29, 0.717) is 0 Å². The van der Waals surface area contributed by atoms with Crippen LogP contribution in [0.5, 0.6) is 0 Å². The Morgan fingerprint density at radius 2 is 0.765 bits per heavy atom. The van der Waals surface area contributed by atoms with E-state index >= 15 is 0 Å². The molecular weight excluding hydrogens is 696 g/mol. The largest absolute Gasteiger partial charge is 0.433 e. The van der Waals surface area contributed by atoms with Gasteiger partial charge >= 0.3 is 35.7 Å². The first-order valence-electron chi connectivity index (χ1n) is 13.4. The van der Waals surface area contributed by atoms with Gasteiger partial charge in [0.2, 0.25) is 17.7 Å². The molecule has 0 saturated carbocycles. The van der Waals surface area contributed by atoms with Gasteiger partial charge in [0, 0.05) is 0 Å². The molecule has 0 unspecified atom stereocenters. The summed E-state index contributed by atoms with van der Waals surface area (Å²) in [5, 5.41) is 50.6. The number of nitrogens with zero attached hydrogens (tertiary/aromatic N) is 9. The Morgan fingerprint density at radius 1 is 0.510 bits per heavy atom. The molecule has 27 heteroatoms. The highest BCUT2D eigenvalue weighted by atomic mass is 16.7. The van der Waals surface area contributed by atoms with Crippen LogP contribution >= 0.6 is 0 Å². The number of furan rings is 3. The minimum atomic E-state index is -0.691. The van der Waals surface area contributed by atoms with Crippen molar-refractivity contribution in [3.63, 3.8) is 0 Å². The molecular formula is C24H18N12O15. The molecule has 51 heavy (non-hydrogen) atoms. The summed E-state index contributed by atoms with van der Waals surface area (Å²) in [6, 6.07) is 5.54. The van der Waals surface area contributed by atoms with Crippen LogP contribution < -0.4 is 16.0 Å². The number of hydrogen-bond donors (Lipinski definition) is 3. The number of carbonyl (C=O) groups is 6. The average Bonchev–Trinajstić information content (AvgIpc) is 3.91. The SMILES string of the molecule is O=C1CN(/N=C/c2ccc([N+](=O)[O-])o2)C(=O)N1.O=C1CN(/N=C/c2ccc([N+](=O)[O-])o2)C(=O)N1.O=C1CN(/N=C/c2ccc([N+](=O)[O-])o2)C(=O)N1. The van der Waals surface area contributed by atoms with Gasteiger partial charge in [0.05, 0.1) is 36.8 Å². The van der Waals surface area contributed by atoms with Crippen LogP contribution in [0.1, 0.15) is 17.3 Å². The lowest BCUT2D eigenvalue weighted by Crippen LogP contribution is -2.24. The van der Waals surface area contributed by atoms with Crippen molar-refractivity contribution in [3.05, 3.63) is 84.0 Å². The van der Waals surface area contributed by atoms with Crippen molar-refractivity contribution in [1.82, 2.24) is 31.0 Å². The normalized spacial score (nSPS) is 15.6. The summed E-state index contributed by atoms with van der Waals surface area (Å²) in [6.45, 7) is -0.547. The van der Waals surface area contributed by atoms with Gasteiger partial charge in [-0.2, -0.15) is 15.3 Å². The van der Waals surface area contributed by atoms with Crippen molar-refractivity contribution in [1.29, 1.82) is 0 Å². The lowest BCUT2D eigenvalue weighted by atomic mass is 10.5. The van der Waals surface area contributed by atoms with Crippen LogP contribution in [0, 0.1) is 30.3 Å². The second-order valence-corrected chi connectivity index (χ2v) is 9.27. The van der Waals surface area contributed by atoms with E-state index in [9.17, 15) is 59.1 Å². The molecule has 0 bridgehead atoms. The molecule has 3 aromatic heterocycles. The predicted molar refractivity (Wildman–Crippen MR) is 160 cm³/mol. The molecule has 9 amide bonds. The number of nitrogens with one attached hydrogen (secondary N) is 3. The van der Waals surface area contributed by atoms with Gasteiger partial charge in [-0.05, 0) is 18.2 Å².